The molecule has 4 aromatic rings. The number of quaternary nitrogens is 1. The fourth-order valence-electron chi connectivity index (χ4n) is 2.70. The molecule has 0 aliphatic carbocycles. The third-order valence-electron chi connectivity index (χ3n) is 4.24. The number of fused-ring (bicyclic) bond motifs is 2. The van der Waals surface area contributed by atoms with E-state index in [2.05, 4.69) is 25.0 Å². The van der Waals surface area contributed by atoms with Gasteiger partial charge >= 0.3 is 0 Å². The first-order chi connectivity index (χ1) is 11.6. The highest BCUT2D eigenvalue weighted by molar-refractivity contribution is 7.18. The molecule has 2 atom stereocenters. The number of nitrogens with one attached hydrogen (secondary N) is 1. The molecule has 122 valence electrons. The van der Waals surface area contributed by atoms with Crippen molar-refractivity contribution >= 4 is 37.9 Å². The molecule has 0 saturated heterocycles. The number of aromatic nitrogens is 3. The normalized spacial score (nSPS) is 14.2. The van der Waals surface area contributed by atoms with E-state index in [0.29, 0.717) is 6.54 Å². The second-order valence-electron chi connectivity index (χ2n) is 5.91. The van der Waals surface area contributed by atoms with Crippen LogP contribution in [0.1, 0.15) is 23.7 Å². The second-order valence-corrected chi connectivity index (χ2v) is 7.84. The fourth-order valence-corrected chi connectivity index (χ4v) is 4.55. The van der Waals surface area contributed by atoms with Crippen molar-refractivity contribution in [2.24, 2.45) is 0 Å². The Labute approximate surface area is 146 Å². The molecule has 5 nitrogen and oxygen atoms in total. The molecular weight excluding hydrogens is 340 g/mol. The Balaban J connectivity index is 1.59. The van der Waals surface area contributed by atoms with Gasteiger partial charge in [-0.2, -0.15) is 0 Å². The van der Waals surface area contributed by atoms with Crippen molar-refractivity contribution in [1.82, 2.24) is 14.4 Å². The van der Waals surface area contributed by atoms with Crippen molar-refractivity contribution in [2.75, 3.05) is 7.05 Å². The number of thiazole rings is 2. The van der Waals surface area contributed by atoms with E-state index >= 15 is 0 Å². The smallest absolute Gasteiger partial charge is 0.258 e. The van der Waals surface area contributed by atoms with Crippen LogP contribution in [0.5, 0.6) is 0 Å². The first-order valence-electron chi connectivity index (χ1n) is 7.75. The van der Waals surface area contributed by atoms with Crippen LogP contribution < -0.4 is 10.5 Å². The zero-order chi connectivity index (χ0) is 16.7. The molecular formula is C17H17N4OS2+. The second kappa shape index (κ2) is 6.08. The maximum absolute atomic E-state index is 12.1. The maximum atomic E-state index is 12.1. The van der Waals surface area contributed by atoms with Crippen molar-refractivity contribution in [2.45, 2.75) is 19.5 Å². The minimum Gasteiger partial charge on any atom is -0.324 e. The zero-order valence-corrected chi connectivity index (χ0v) is 15.0. The van der Waals surface area contributed by atoms with Crippen LogP contribution in [0, 0.1) is 0 Å². The highest BCUT2D eigenvalue weighted by Gasteiger charge is 2.20. The average Bonchev–Trinajstić information content (AvgIpc) is 3.20. The standard InChI is InChI=1S/C17H16N4OS2/c1-11(16-19-13-5-3-4-6-14(13)24-16)20(2)10-12-9-15(22)21-7-8-23-17(21)18-12/h3-9,11H,10H2,1-2H3/p+1/t11-/m1/s1. The summed E-state index contributed by atoms with van der Waals surface area (Å²) in [6.45, 7) is 2.87. The van der Waals surface area contributed by atoms with Crippen LogP contribution in [0.2, 0.25) is 0 Å². The molecule has 0 fully saturated rings. The lowest BCUT2D eigenvalue weighted by Gasteiger charge is -2.19. The van der Waals surface area contributed by atoms with E-state index in [0.717, 1.165) is 21.2 Å². The monoisotopic (exact) mass is 357 g/mol. The summed E-state index contributed by atoms with van der Waals surface area (Å²) in [5.41, 5.74) is 1.86. The Morgan fingerprint density at radius 3 is 2.96 bits per heavy atom. The molecule has 1 aromatic carbocycles. The minimum atomic E-state index is -0.0170. The van der Waals surface area contributed by atoms with E-state index in [1.165, 1.54) is 20.9 Å². The minimum absolute atomic E-state index is 0.0170. The SMILES string of the molecule is C[C@H](c1nc2ccccc2s1)[NH+](C)Cc1cc(=O)n2ccsc2n1. The van der Waals surface area contributed by atoms with Crippen LogP contribution in [-0.4, -0.2) is 21.4 Å². The molecule has 0 spiro atoms. The summed E-state index contributed by atoms with van der Waals surface area (Å²) in [5, 5.41) is 3.00. The highest BCUT2D eigenvalue weighted by Crippen LogP contribution is 2.24. The Morgan fingerprint density at radius 1 is 1.29 bits per heavy atom. The number of rotatable bonds is 4. The van der Waals surface area contributed by atoms with Crippen LogP contribution >= 0.6 is 22.7 Å². The molecule has 1 N–H and O–H groups in total. The molecule has 0 radical (unpaired) electrons. The molecule has 1 unspecified atom stereocenters. The van der Waals surface area contributed by atoms with Gasteiger partial charge < -0.3 is 4.90 Å². The summed E-state index contributed by atoms with van der Waals surface area (Å²) in [5.74, 6) is 0. The van der Waals surface area contributed by atoms with Crippen molar-refractivity contribution in [3.8, 4) is 0 Å². The van der Waals surface area contributed by atoms with E-state index in [-0.39, 0.29) is 11.6 Å². The average molecular weight is 357 g/mol. The van der Waals surface area contributed by atoms with Crippen LogP contribution in [0.3, 0.4) is 0 Å². The molecule has 0 bridgehead atoms. The number of benzene rings is 1. The van der Waals surface area contributed by atoms with Gasteiger partial charge in [0.25, 0.3) is 5.56 Å². The molecule has 7 heteroatoms. The van der Waals surface area contributed by atoms with E-state index in [9.17, 15) is 4.79 Å². The fraction of sp³-hybridized carbons (Fsp3) is 0.235. The predicted molar refractivity (Wildman–Crippen MR) is 98.0 cm³/mol. The topological polar surface area (TPSA) is 51.7 Å². The number of nitrogens with zero attached hydrogens (tertiary/aromatic N) is 3. The third kappa shape index (κ3) is 2.75. The van der Waals surface area contributed by atoms with Crippen molar-refractivity contribution in [1.29, 1.82) is 0 Å². The predicted octanol–water partition coefficient (Wildman–Crippen LogP) is 2.14. The van der Waals surface area contributed by atoms with Crippen LogP contribution in [0.25, 0.3) is 15.2 Å². The van der Waals surface area contributed by atoms with Crippen molar-refractivity contribution in [3.63, 3.8) is 0 Å². The molecule has 0 aliphatic heterocycles. The molecule has 3 aromatic heterocycles. The largest absolute Gasteiger partial charge is 0.324 e. The summed E-state index contributed by atoms with van der Waals surface area (Å²) in [6, 6.07) is 10.1. The van der Waals surface area contributed by atoms with Gasteiger partial charge in [0.1, 0.15) is 18.3 Å². The van der Waals surface area contributed by atoms with Crippen LogP contribution in [0.4, 0.5) is 0 Å². The molecule has 3 heterocycles. The van der Waals surface area contributed by atoms with Gasteiger partial charge in [-0.15, -0.1) is 22.7 Å². The number of hydrogen-bond donors (Lipinski definition) is 1. The summed E-state index contributed by atoms with van der Waals surface area (Å²) >= 11 is 3.22. The zero-order valence-electron chi connectivity index (χ0n) is 13.4. The Bertz CT molecular complexity index is 1030. The first kappa shape index (κ1) is 15.4. The molecule has 0 amide bonds. The van der Waals surface area contributed by atoms with Gasteiger partial charge in [-0.3, -0.25) is 9.20 Å². The van der Waals surface area contributed by atoms with Gasteiger partial charge in [-0.05, 0) is 19.1 Å². The van der Waals surface area contributed by atoms with Gasteiger partial charge in [0.05, 0.1) is 17.3 Å². The maximum Gasteiger partial charge on any atom is 0.258 e. The summed E-state index contributed by atoms with van der Waals surface area (Å²) in [6.07, 6.45) is 1.76. The summed E-state index contributed by atoms with van der Waals surface area (Å²) < 4.78 is 2.80. The van der Waals surface area contributed by atoms with Crippen molar-refractivity contribution in [3.05, 3.63) is 63.0 Å². The van der Waals surface area contributed by atoms with E-state index in [1.54, 1.807) is 28.0 Å². The molecule has 4 rings (SSSR count). The highest BCUT2D eigenvalue weighted by atomic mass is 32.1. The number of hydrogen-bond acceptors (Lipinski definition) is 5. The number of para-hydroxylation sites is 1. The lowest BCUT2D eigenvalue weighted by molar-refractivity contribution is -0.924. The van der Waals surface area contributed by atoms with E-state index < -0.39 is 0 Å². The summed E-state index contributed by atoms with van der Waals surface area (Å²) in [7, 11) is 2.12. The Hall–Kier alpha value is -2.09. The lowest BCUT2D eigenvalue weighted by Crippen LogP contribution is -3.07. The van der Waals surface area contributed by atoms with Gasteiger partial charge in [-0.1, -0.05) is 12.1 Å². The van der Waals surface area contributed by atoms with Crippen LogP contribution in [0.15, 0.2) is 46.7 Å². The molecule has 0 aliphatic rings. The Morgan fingerprint density at radius 2 is 2.12 bits per heavy atom. The van der Waals surface area contributed by atoms with Gasteiger partial charge in [0, 0.05) is 17.6 Å². The third-order valence-corrected chi connectivity index (χ3v) is 6.21. The van der Waals surface area contributed by atoms with Gasteiger partial charge in [0.2, 0.25) is 0 Å². The molecule has 0 saturated carbocycles. The van der Waals surface area contributed by atoms with Crippen LogP contribution in [-0.2, 0) is 6.54 Å². The Kier molecular flexibility index (Phi) is 3.91. The van der Waals surface area contributed by atoms with E-state index in [1.807, 2.05) is 23.6 Å². The van der Waals surface area contributed by atoms with E-state index in [4.69, 9.17) is 4.98 Å². The lowest BCUT2D eigenvalue weighted by atomic mass is 10.3. The molecule has 24 heavy (non-hydrogen) atoms. The van der Waals surface area contributed by atoms with Crippen molar-refractivity contribution < 1.29 is 4.90 Å². The van der Waals surface area contributed by atoms with Gasteiger partial charge in [0.15, 0.2) is 9.97 Å². The first-order valence-corrected chi connectivity index (χ1v) is 9.45. The van der Waals surface area contributed by atoms with Gasteiger partial charge in [-0.25, -0.2) is 9.97 Å². The quantitative estimate of drug-likeness (QED) is 0.609. The summed E-state index contributed by atoms with van der Waals surface area (Å²) in [4.78, 5) is 23.5.